The van der Waals surface area contributed by atoms with Crippen molar-refractivity contribution in [2.45, 2.75) is 52.1 Å². The molecule has 3 N–H and O–H groups in total. The van der Waals surface area contributed by atoms with Crippen LogP contribution in [0.15, 0.2) is 33.9 Å². The summed E-state index contributed by atoms with van der Waals surface area (Å²) >= 11 is 1.48. The fraction of sp³-hybridized carbons (Fsp3) is 0.458. The van der Waals surface area contributed by atoms with Crippen LogP contribution >= 0.6 is 11.8 Å². The number of carbonyl (C=O) groups excluding carboxylic acids is 3. The summed E-state index contributed by atoms with van der Waals surface area (Å²) in [6, 6.07) is 5.32. The lowest BCUT2D eigenvalue weighted by atomic mass is 10.1. The number of aromatic amines is 1. The van der Waals surface area contributed by atoms with Gasteiger partial charge in [0.2, 0.25) is 0 Å². The number of benzene rings is 1. The summed E-state index contributed by atoms with van der Waals surface area (Å²) in [5, 5.41) is 0. The van der Waals surface area contributed by atoms with E-state index in [9.17, 15) is 24.0 Å². The Hall–Kier alpha value is -3.34. The molecule has 3 amide bonds. The average Bonchev–Trinajstić information content (AvgIpc) is 3.09. The third-order valence-corrected chi connectivity index (χ3v) is 6.59. The molecule has 1 aromatic heterocycles. The minimum atomic E-state index is -1.13. The van der Waals surface area contributed by atoms with Gasteiger partial charge in [-0.05, 0) is 43.4 Å². The van der Waals surface area contributed by atoms with E-state index in [4.69, 9.17) is 5.73 Å². The lowest BCUT2D eigenvalue weighted by Gasteiger charge is -2.32. The zero-order valence-corrected chi connectivity index (χ0v) is 21.0. The van der Waals surface area contributed by atoms with E-state index < -0.39 is 35.0 Å². The van der Waals surface area contributed by atoms with Gasteiger partial charge in [0.25, 0.3) is 23.3 Å². The second-order valence-corrected chi connectivity index (χ2v) is 9.30. The number of nitrogens with two attached hydrogens (primary N) is 1. The second kappa shape index (κ2) is 11.4. The van der Waals surface area contributed by atoms with Crippen LogP contribution in [0, 0.1) is 0 Å². The number of imide groups is 1. The molecular weight excluding hydrogens is 470 g/mol. The van der Waals surface area contributed by atoms with E-state index in [1.54, 1.807) is 24.3 Å². The number of hydrogen-bond acceptors (Lipinski definition) is 7. The number of carbonyl (C=O) groups is 3. The number of nitrogen functional groups attached to an aromatic ring is 1. The number of thioether (sulfide) groups is 1. The molecule has 1 aliphatic rings. The molecule has 188 valence electrons. The van der Waals surface area contributed by atoms with E-state index in [2.05, 4.69) is 4.98 Å². The zero-order chi connectivity index (χ0) is 25.7. The molecule has 35 heavy (non-hydrogen) atoms. The first-order valence-corrected chi connectivity index (χ1v) is 13.1. The highest BCUT2D eigenvalue weighted by Crippen LogP contribution is 2.28. The van der Waals surface area contributed by atoms with Crippen LogP contribution in [0.5, 0.6) is 0 Å². The number of H-pyrrole nitrogens is 1. The lowest BCUT2D eigenvalue weighted by molar-refractivity contribution is -0.122. The first-order chi connectivity index (χ1) is 16.8. The van der Waals surface area contributed by atoms with Gasteiger partial charge < -0.3 is 10.6 Å². The Labute approximate surface area is 207 Å². The maximum Gasteiger partial charge on any atom is 0.330 e. The lowest BCUT2D eigenvalue weighted by Crippen LogP contribution is -2.53. The highest BCUT2D eigenvalue weighted by Gasteiger charge is 2.44. The Morgan fingerprint density at radius 3 is 2.26 bits per heavy atom. The zero-order valence-electron chi connectivity index (χ0n) is 20.2. The first kappa shape index (κ1) is 26.3. The van der Waals surface area contributed by atoms with Crippen LogP contribution in [0.3, 0.4) is 0 Å². The number of fused-ring (bicyclic) bond motifs is 1. The van der Waals surface area contributed by atoms with Crippen molar-refractivity contribution in [3.8, 4) is 0 Å². The fourth-order valence-corrected chi connectivity index (χ4v) is 4.65. The molecule has 1 atom stereocenters. The molecule has 0 fully saturated rings. The second-order valence-electron chi connectivity index (χ2n) is 8.31. The van der Waals surface area contributed by atoms with Crippen molar-refractivity contribution < 1.29 is 14.4 Å². The first-order valence-electron chi connectivity index (χ1n) is 11.7. The maximum atomic E-state index is 14.0. The van der Waals surface area contributed by atoms with Crippen molar-refractivity contribution in [2.24, 2.45) is 0 Å². The molecule has 0 saturated carbocycles. The van der Waals surface area contributed by atoms with Crippen molar-refractivity contribution in [3.05, 3.63) is 56.2 Å². The topological polar surface area (TPSA) is 139 Å². The number of aromatic nitrogens is 2. The van der Waals surface area contributed by atoms with E-state index in [-0.39, 0.29) is 42.1 Å². The largest absolute Gasteiger partial charge is 0.383 e. The van der Waals surface area contributed by atoms with Crippen LogP contribution < -0.4 is 21.9 Å². The van der Waals surface area contributed by atoms with E-state index >= 15 is 0 Å². The number of hydrogen-bond donors (Lipinski definition) is 2. The van der Waals surface area contributed by atoms with Crippen molar-refractivity contribution in [2.75, 3.05) is 29.2 Å². The molecule has 0 unspecified atom stereocenters. The van der Waals surface area contributed by atoms with Crippen LogP contribution in [0.25, 0.3) is 0 Å². The van der Waals surface area contributed by atoms with Gasteiger partial charge in [0.1, 0.15) is 11.9 Å². The average molecular weight is 502 g/mol. The fourth-order valence-electron chi connectivity index (χ4n) is 4.20. The summed E-state index contributed by atoms with van der Waals surface area (Å²) in [5.41, 5.74) is 5.17. The van der Waals surface area contributed by atoms with Crippen LogP contribution in [0.4, 0.5) is 11.5 Å². The quantitative estimate of drug-likeness (QED) is 0.450. The van der Waals surface area contributed by atoms with E-state index in [0.717, 1.165) is 11.3 Å². The Morgan fingerprint density at radius 1 is 1.09 bits per heavy atom. The number of unbranched alkanes of at least 4 members (excludes halogenated alkanes) is 1. The third kappa shape index (κ3) is 5.04. The Bertz CT molecular complexity index is 1200. The summed E-state index contributed by atoms with van der Waals surface area (Å²) in [7, 11) is 0. The molecule has 0 spiro atoms. The smallest absolute Gasteiger partial charge is 0.330 e. The highest BCUT2D eigenvalue weighted by molar-refractivity contribution is 7.98. The number of rotatable bonds is 11. The van der Waals surface area contributed by atoms with E-state index in [1.807, 2.05) is 20.1 Å². The van der Waals surface area contributed by atoms with Gasteiger partial charge in [0, 0.05) is 13.1 Å². The van der Waals surface area contributed by atoms with Gasteiger partial charge in [-0.3, -0.25) is 33.6 Å². The van der Waals surface area contributed by atoms with Crippen LogP contribution in [0.2, 0.25) is 0 Å². The van der Waals surface area contributed by atoms with Gasteiger partial charge in [-0.15, -0.1) is 0 Å². The van der Waals surface area contributed by atoms with Gasteiger partial charge in [-0.25, -0.2) is 4.79 Å². The van der Waals surface area contributed by atoms with Crippen LogP contribution in [0.1, 0.15) is 60.2 Å². The Morgan fingerprint density at radius 2 is 1.71 bits per heavy atom. The summed E-state index contributed by atoms with van der Waals surface area (Å²) in [6.45, 7) is 4.20. The van der Waals surface area contributed by atoms with E-state index in [0.29, 0.717) is 18.6 Å². The predicted molar refractivity (Wildman–Crippen MR) is 137 cm³/mol. The molecule has 2 aromatic rings. The van der Waals surface area contributed by atoms with Gasteiger partial charge in [0.05, 0.1) is 11.1 Å². The van der Waals surface area contributed by atoms with Gasteiger partial charge >= 0.3 is 5.69 Å². The maximum absolute atomic E-state index is 14.0. The molecule has 1 aliphatic heterocycles. The summed E-state index contributed by atoms with van der Waals surface area (Å²) in [4.78, 5) is 70.1. The summed E-state index contributed by atoms with van der Waals surface area (Å²) in [5.74, 6) is -1.28. The normalized spacial score (nSPS) is 13.7. The van der Waals surface area contributed by atoms with Gasteiger partial charge in [-0.1, -0.05) is 32.4 Å². The van der Waals surface area contributed by atoms with Gasteiger partial charge in [-0.2, -0.15) is 11.8 Å². The molecular formula is C24H31N5O5S. The molecule has 11 heteroatoms. The minimum absolute atomic E-state index is 0.115. The molecule has 1 aromatic carbocycles. The SMILES string of the molecule is CCCCN(C(=O)[C@H](CCSC)N1C(=O)c2ccccc2C1=O)c1c(N)n(CCC)c(=O)[nH]c1=O. The molecule has 2 heterocycles. The number of anilines is 2. The predicted octanol–water partition coefficient (Wildman–Crippen LogP) is 2.08. The number of nitrogens with zero attached hydrogens (tertiary/aromatic N) is 3. The summed E-state index contributed by atoms with van der Waals surface area (Å²) in [6.07, 6.45) is 3.93. The van der Waals surface area contributed by atoms with E-state index in [1.165, 1.54) is 21.2 Å². The van der Waals surface area contributed by atoms with Gasteiger partial charge in [0.15, 0.2) is 5.69 Å². The molecule has 0 saturated heterocycles. The molecule has 0 bridgehead atoms. The highest BCUT2D eigenvalue weighted by atomic mass is 32.2. The Balaban J connectivity index is 2.12. The van der Waals surface area contributed by atoms with Crippen molar-refractivity contribution in [1.29, 1.82) is 0 Å². The molecule has 10 nitrogen and oxygen atoms in total. The minimum Gasteiger partial charge on any atom is -0.383 e. The van der Waals surface area contributed by atoms with Crippen molar-refractivity contribution >= 4 is 41.0 Å². The van der Waals surface area contributed by atoms with Crippen LogP contribution in [-0.2, 0) is 11.3 Å². The third-order valence-electron chi connectivity index (χ3n) is 5.95. The number of amides is 3. The Kier molecular flexibility index (Phi) is 8.55. The molecule has 0 aliphatic carbocycles. The van der Waals surface area contributed by atoms with Crippen molar-refractivity contribution in [1.82, 2.24) is 14.5 Å². The summed E-state index contributed by atoms with van der Waals surface area (Å²) < 4.78 is 1.22. The standard InChI is InChI=1S/C24H31N5O5S/c1-4-6-13-27(18-19(25)28(12-5-2)24(34)26-20(18)30)23(33)17(11-14-35-3)29-21(31)15-9-7-8-10-16(15)22(29)32/h7-10,17H,4-6,11-14,25H2,1-3H3,(H,26,30,34)/t17-/m0/s1. The van der Waals surface area contributed by atoms with Crippen molar-refractivity contribution in [3.63, 3.8) is 0 Å². The number of nitrogens with one attached hydrogen (secondary N) is 1. The monoisotopic (exact) mass is 501 g/mol. The molecule has 0 radical (unpaired) electrons. The van der Waals surface area contributed by atoms with Crippen LogP contribution in [-0.4, -0.2) is 56.8 Å². The molecule has 3 rings (SSSR count).